The molecule has 7 nitrogen and oxygen atoms in total. The van der Waals surface area contributed by atoms with Crippen molar-refractivity contribution >= 4 is 29.1 Å². The average Bonchev–Trinajstić information content (AvgIpc) is 2.99. The number of amides is 1. The summed E-state index contributed by atoms with van der Waals surface area (Å²) in [4.78, 5) is 31.1. The van der Waals surface area contributed by atoms with Crippen molar-refractivity contribution in [3.63, 3.8) is 0 Å². The van der Waals surface area contributed by atoms with Gasteiger partial charge < -0.3 is 19.5 Å². The number of rotatable bonds is 7. The van der Waals surface area contributed by atoms with E-state index in [0.717, 1.165) is 0 Å². The van der Waals surface area contributed by atoms with E-state index in [9.17, 15) is 14.7 Å². The number of carbonyl (C=O) groups excluding carboxylic acids is 2. The fourth-order valence-corrected chi connectivity index (χ4v) is 3.53. The van der Waals surface area contributed by atoms with E-state index in [0.29, 0.717) is 41.5 Å². The van der Waals surface area contributed by atoms with E-state index in [1.54, 1.807) is 43.8 Å². The van der Waals surface area contributed by atoms with Crippen LogP contribution in [0, 0.1) is 0 Å². The van der Waals surface area contributed by atoms with Gasteiger partial charge in [-0.25, -0.2) is 0 Å². The smallest absolute Gasteiger partial charge is 0.295 e. The zero-order valence-corrected chi connectivity index (χ0v) is 16.8. The summed E-state index contributed by atoms with van der Waals surface area (Å²) < 4.78 is 10.3. The molecule has 0 saturated carbocycles. The first-order valence-corrected chi connectivity index (χ1v) is 9.38. The van der Waals surface area contributed by atoms with E-state index in [2.05, 4.69) is 4.98 Å². The van der Waals surface area contributed by atoms with E-state index in [1.807, 2.05) is 0 Å². The first-order chi connectivity index (χ1) is 14.0. The molecule has 29 heavy (non-hydrogen) atoms. The molecule has 1 aliphatic rings. The highest BCUT2D eigenvalue weighted by molar-refractivity contribution is 6.46. The van der Waals surface area contributed by atoms with Crippen LogP contribution in [0.15, 0.2) is 48.3 Å². The highest BCUT2D eigenvalue weighted by Crippen LogP contribution is 2.40. The number of ether oxygens (including phenoxy) is 2. The monoisotopic (exact) mass is 416 g/mol. The van der Waals surface area contributed by atoms with Crippen molar-refractivity contribution in [2.75, 3.05) is 27.4 Å². The first kappa shape index (κ1) is 20.8. The van der Waals surface area contributed by atoms with Gasteiger partial charge in [0.2, 0.25) is 0 Å². The Bertz CT molecular complexity index is 945. The molecule has 1 saturated heterocycles. The molecule has 8 heteroatoms. The topological polar surface area (TPSA) is 89.0 Å². The number of halogens is 1. The van der Waals surface area contributed by atoms with Crippen molar-refractivity contribution in [3.05, 3.63) is 64.4 Å². The minimum absolute atomic E-state index is 0.00444. The number of likely N-dealkylation sites (tertiary alicyclic amines) is 1. The second kappa shape index (κ2) is 9.07. The van der Waals surface area contributed by atoms with E-state index < -0.39 is 17.7 Å². The van der Waals surface area contributed by atoms with E-state index in [4.69, 9.17) is 21.1 Å². The van der Waals surface area contributed by atoms with Crippen molar-refractivity contribution in [2.45, 2.75) is 12.5 Å². The van der Waals surface area contributed by atoms with Crippen LogP contribution in [0.4, 0.5) is 0 Å². The lowest BCUT2D eigenvalue weighted by atomic mass is 9.96. The molecule has 1 aromatic carbocycles. The lowest BCUT2D eigenvalue weighted by molar-refractivity contribution is -0.140. The molecule has 2 heterocycles. The second-order valence-corrected chi connectivity index (χ2v) is 6.88. The molecule has 1 aromatic heterocycles. The molecule has 0 radical (unpaired) electrons. The first-order valence-electron chi connectivity index (χ1n) is 9.00. The summed E-state index contributed by atoms with van der Waals surface area (Å²) in [6.45, 7) is 0.746. The summed E-state index contributed by atoms with van der Waals surface area (Å²) in [5.74, 6) is -1.36. The van der Waals surface area contributed by atoms with Crippen LogP contribution in [0.2, 0.25) is 5.02 Å². The van der Waals surface area contributed by atoms with Crippen LogP contribution in [0.5, 0.6) is 5.75 Å². The molecule has 1 atom stereocenters. The standard InChI is InChI=1S/C21H21ClN2O5/c1-28-10-4-9-24-18(14-5-3-8-23-12-14)17(20(26)21(24)27)19(25)13-6-7-15(22)16(11-13)29-2/h3,5-8,11-12,18,25H,4,9-10H2,1-2H3/b19-17-. The maximum Gasteiger partial charge on any atom is 0.295 e. The van der Waals surface area contributed by atoms with Crippen LogP contribution < -0.4 is 4.74 Å². The summed E-state index contributed by atoms with van der Waals surface area (Å²) in [7, 11) is 3.02. The number of Topliss-reactive ketones (excluding diaryl/α,β-unsaturated/α-hetero) is 1. The van der Waals surface area contributed by atoms with E-state index in [-0.39, 0.29) is 11.3 Å². The van der Waals surface area contributed by atoms with Gasteiger partial charge >= 0.3 is 0 Å². The minimum Gasteiger partial charge on any atom is -0.507 e. The Balaban J connectivity index is 2.12. The molecule has 1 unspecified atom stereocenters. The maximum atomic E-state index is 12.9. The van der Waals surface area contributed by atoms with Crippen LogP contribution >= 0.6 is 11.6 Å². The molecular formula is C21H21ClN2O5. The largest absolute Gasteiger partial charge is 0.507 e. The number of aliphatic hydroxyl groups is 1. The van der Waals surface area contributed by atoms with Crippen LogP contribution in [0.1, 0.15) is 23.6 Å². The van der Waals surface area contributed by atoms with Crippen molar-refractivity contribution in [1.29, 1.82) is 0 Å². The van der Waals surface area contributed by atoms with E-state index >= 15 is 0 Å². The molecule has 1 N–H and O–H groups in total. The summed E-state index contributed by atoms with van der Waals surface area (Å²) in [5.41, 5.74) is 0.964. The van der Waals surface area contributed by atoms with Gasteiger partial charge in [-0.2, -0.15) is 0 Å². The summed E-state index contributed by atoms with van der Waals surface area (Å²) >= 11 is 6.06. The number of nitrogens with zero attached hydrogens (tertiary/aromatic N) is 2. The van der Waals surface area contributed by atoms with Gasteiger partial charge in [-0.05, 0) is 36.2 Å². The van der Waals surface area contributed by atoms with Crippen LogP contribution in [0.25, 0.3) is 5.76 Å². The Morgan fingerprint density at radius 1 is 1.28 bits per heavy atom. The number of pyridine rings is 1. The number of aliphatic hydroxyl groups excluding tert-OH is 1. The zero-order valence-electron chi connectivity index (χ0n) is 16.1. The molecule has 0 bridgehead atoms. The number of methoxy groups -OCH3 is 2. The van der Waals surface area contributed by atoms with Gasteiger partial charge in [-0.1, -0.05) is 17.7 Å². The zero-order chi connectivity index (χ0) is 21.0. The van der Waals surface area contributed by atoms with Crippen LogP contribution in [0.3, 0.4) is 0 Å². The molecule has 152 valence electrons. The quantitative estimate of drug-likeness (QED) is 0.322. The molecule has 1 aliphatic heterocycles. The third kappa shape index (κ3) is 4.11. The number of benzene rings is 1. The van der Waals surface area contributed by atoms with Crippen molar-refractivity contribution in [2.24, 2.45) is 0 Å². The number of aromatic nitrogens is 1. The second-order valence-electron chi connectivity index (χ2n) is 6.47. The molecular weight excluding hydrogens is 396 g/mol. The predicted molar refractivity (Wildman–Crippen MR) is 108 cm³/mol. The van der Waals surface area contributed by atoms with Crippen molar-refractivity contribution in [3.8, 4) is 5.75 Å². The summed E-state index contributed by atoms with van der Waals surface area (Å²) in [6.07, 6.45) is 3.73. The van der Waals surface area contributed by atoms with Crippen LogP contribution in [-0.2, 0) is 14.3 Å². The molecule has 0 spiro atoms. The summed E-state index contributed by atoms with van der Waals surface area (Å²) in [6, 6.07) is 7.39. The number of hydrogen-bond donors (Lipinski definition) is 1. The molecule has 3 rings (SSSR count). The van der Waals surface area contributed by atoms with E-state index in [1.165, 1.54) is 18.1 Å². The SMILES string of the molecule is COCCCN1C(=O)C(=O)/C(=C(\O)c2ccc(Cl)c(OC)c2)C1c1cccnc1. The lowest BCUT2D eigenvalue weighted by Gasteiger charge is -2.25. The third-order valence-corrected chi connectivity index (χ3v) is 5.02. The molecule has 0 aliphatic carbocycles. The lowest BCUT2D eigenvalue weighted by Crippen LogP contribution is -2.31. The normalized spacial score (nSPS) is 18.3. The Morgan fingerprint density at radius 2 is 2.07 bits per heavy atom. The Labute approximate surface area is 173 Å². The number of hydrogen-bond acceptors (Lipinski definition) is 6. The average molecular weight is 417 g/mol. The highest BCUT2D eigenvalue weighted by Gasteiger charge is 2.45. The van der Waals surface area contributed by atoms with Gasteiger partial charge in [0, 0.05) is 38.2 Å². The fourth-order valence-electron chi connectivity index (χ4n) is 3.34. The Kier molecular flexibility index (Phi) is 6.51. The molecule has 1 fully saturated rings. The Morgan fingerprint density at radius 3 is 2.72 bits per heavy atom. The van der Waals surface area contributed by atoms with Gasteiger partial charge in [-0.3, -0.25) is 14.6 Å². The number of carbonyl (C=O) groups is 2. The highest BCUT2D eigenvalue weighted by atomic mass is 35.5. The van der Waals surface area contributed by atoms with Gasteiger partial charge in [0.25, 0.3) is 11.7 Å². The minimum atomic E-state index is -0.748. The van der Waals surface area contributed by atoms with Gasteiger partial charge in [0.1, 0.15) is 11.5 Å². The number of ketones is 1. The van der Waals surface area contributed by atoms with Crippen molar-refractivity contribution < 1.29 is 24.2 Å². The predicted octanol–water partition coefficient (Wildman–Crippen LogP) is 3.20. The van der Waals surface area contributed by atoms with Gasteiger partial charge in [0.05, 0.1) is 23.7 Å². The van der Waals surface area contributed by atoms with Gasteiger partial charge in [-0.15, -0.1) is 0 Å². The van der Waals surface area contributed by atoms with Gasteiger partial charge in [0.15, 0.2) is 0 Å². The van der Waals surface area contributed by atoms with Crippen molar-refractivity contribution in [1.82, 2.24) is 9.88 Å². The Hall–Kier alpha value is -2.90. The third-order valence-electron chi connectivity index (χ3n) is 4.71. The molecule has 1 amide bonds. The molecule has 2 aromatic rings. The van der Waals surface area contributed by atoms with Crippen LogP contribution in [-0.4, -0.2) is 54.1 Å². The maximum absolute atomic E-state index is 12.9. The summed E-state index contributed by atoms with van der Waals surface area (Å²) in [5, 5.41) is 11.3. The fraction of sp³-hybridized carbons (Fsp3) is 0.286.